The van der Waals surface area contributed by atoms with E-state index in [0.717, 1.165) is 38.0 Å². The number of ether oxygens (including phenoxy) is 7. The highest BCUT2D eigenvalue weighted by molar-refractivity contribution is 8.00. The Labute approximate surface area is 710 Å². The number of Topliss-reactive ketones (excluding diaryl/α,β-unsaturated/α-hetero) is 1. The van der Waals surface area contributed by atoms with Crippen molar-refractivity contribution in [3.8, 4) is 0 Å². The van der Waals surface area contributed by atoms with Gasteiger partial charge in [0.2, 0.25) is 41.4 Å². The lowest BCUT2D eigenvalue weighted by atomic mass is 9.72. The zero-order chi connectivity index (χ0) is 87.7. The highest BCUT2D eigenvalue weighted by Gasteiger charge is 2.55. The third kappa shape index (κ3) is 22.5. The fraction of sp³-hybridized carbons (Fsp3) is 0.750. The van der Waals surface area contributed by atoms with Gasteiger partial charge in [-0.05, 0) is 149 Å². The number of rotatable bonds is 21. The minimum absolute atomic E-state index is 0.00191. The summed E-state index contributed by atoms with van der Waals surface area (Å²) in [5.74, 6) is -11.0. The van der Waals surface area contributed by atoms with Gasteiger partial charge in [0.1, 0.15) is 66.0 Å². The number of carbonyl (C=O) groups is 10. The number of nitrogens with zero attached hydrogens (tertiary/aromatic N) is 4. The van der Waals surface area contributed by atoms with E-state index in [1.54, 1.807) is 97.5 Å². The Morgan fingerprint density at radius 2 is 1.38 bits per heavy atom. The van der Waals surface area contributed by atoms with E-state index < -0.39 is 223 Å². The van der Waals surface area contributed by atoms with E-state index in [2.05, 4.69) is 31.5 Å². The van der Waals surface area contributed by atoms with Gasteiger partial charge in [-0.2, -0.15) is 11.8 Å². The van der Waals surface area contributed by atoms with Crippen molar-refractivity contribution in [2.24, 2.45) is 41.4 Å². The maximum Gasteiger partial charge on any atom is 0.333 e. The standard InChI is InChI=1S/C88H135N9O22S/c1-17-60-80(106)96-36-22-25-61(96)81(107)94(15)63(40-56-28-26-47(3)27-29-56)82(108)97-44-59(46-120-65-45-95-37-32-57(65)33-38-95)64(98)41-62(97)78(104)93-72(58-23-20-19-21-24-58)84(110)116-54(10)71(79(105)91-60)92-68(100)31-30-67(99)89-34-35-90-70-49(5)42-86(12,111)77(119-85-73(101)48(4)39-50(6)114-85)52(8)74(118-69-43-87(13,113-16)76(103)55(11)115-69)53(9)83(109)117-66(18-2)88(14,112)75(102)51(70)7/h19-21,23-24,26-29,48-55,57,59-63,65-66,69-77,85,90,101-103,111-112H,17-18,22,25,30-46H2,1-16H3,(H,89,99)(H,91,105)(H,92,100)(H,93,104)/t48?,49-,50?,51+,52?,53-,54-,55?,59+,60?,61+,62+,63+,65-,66-,69?,70+,71+,72+,73?,74+,75-,76?,77-,85?,86-,87?,88-/m1/s1. The van der Waals surface area contributed by atoms with Gasteiger partial charge in [-0.15, -0.1) is 0 Å². The maximum atomic E-state index is 15.9. The molecule has 9 fully saturated rings. The number of ketones is 1. The molecule has 28 atom stereocenters. The molecular formula is C88H135N9O22S. The number of aryl methyl sites for hydroxylation is 1. The summed E-state index contributed by atoms with van der Waals surface area (Å²) in [7, 11) is 2.96. The minimum atomic E-state index is -2.09. The van der Waals surface area contributed by atoms with Crippen LogP contribution in [0.5, 0.6) is 0 Å². The van der Waals surface area contributed by atoms with Crippen molar-refractivity contribution in [3.63, 3.8) is 0 Å². The lowest BCUT2D eigenvalue weighted by Crippen LogP contribution is -2.63. The van der Waals surface area contributed by atoms with Crippen LogP contribution in [-0.2, 0) is 87.5 Å². The van der Waals surface area contributed by atoms with Crippen molar-refractivity contribution in [2.75, 3.05) is 65.7 Å². The van der Waals surface area contributed by atoms with Crippen molar-refractivity contribution in [1.82, 2.24) is 46.2 Å². The van der Waals surface area contributed by atoms with Crippen LogP contribution in [0.2, 0.25) is 0 Å². The summed E-state index contributed by atoms with van der Waals surface area (Å²) in [6.45, 7) is 26.3. The van der Waals surface area contributed by atoms with E-state index >= 15 is 28.8 Å². The Morgan fingerprint density at radius 1 is 0.700 bits per heavy atom. The second kappa shape index (κ2) is 41.3. The summed E-state index contributed by atoms with van der Waals surface area (Å²) in [5, 5.41) is 75.8. The number of likely N-dealkylation sites (N-methyl/N-ethyl adjacent to an activating group) is 1. The third-order valence-electron chi connectivity index (χ3n) is 27.0. The van der Waals surface area contributed by atoms with Gasteiger partial charge in [0.05, 0.1) is 47.6 Å². The van der Waals surface area contributed by atoms with Gasteiger partial charge in [0.15, 0.2) is 18.6 Å². The van der Waals surface area contributed by atoms with Crippen LogP contribution in [0.4, 0.5) is 0 Å². The molecule has 0 aliphatic carbocycles. The molecule has 9 heterocycles. The molecule has 670 valence electrons. The van der Waals surface area contributed by atoms with E-state index in [-0.39, 0.29) is 93.3 Å². The van der Waals surface area contributed by atoms with Crippen molar-refractivity contribution in [1.29, 1.82) is 0 Å². The third-order valence-corrected chi connectivity index (χ3v) is 28.6. The molecule has 120 heavy (non-hydrogen) atoms. The van der Waals surface area contributed by atoms with Crippen LogP contribution < -0.4 is 26.6 Å². The summed E-state index contributed by atoms with van der Waals surface area (Å²) < 4.78 is 44.3. The summed E-state index contributed by atoms with van der Waals surface area (Å²) in [4.78, 5) is 156. The molecule has 0 radical (unpaired) electrons. The molecule has 10 N–H and O–H groups in total. The number of esters is 2. The Bertz CT molecular complexity index is 3860. The number of cyclic esters (lactones) is 2. The average molecular weight is 1700 g/mol. The van der Waals surface area contributed by atoms with Crippen LogP contribution in [0.3, 0.4) is 0 Å². The number of thioether (sulfide) groups is 1. The molecule has 9 saturated heterocycles. The highest BCUT2D eigenvalue weighted by atomic mass is 32.2. The first kappa shape index (κ1) is 95.4. The van der Waals surface area contributed by atoms with Crippen LogP contribution >= 0.6 is 11.8 Å². The van der Waals surface area contributed by atoms with Gasteiger partial charge >= 0.3 is 11.9 Å². The molecule has 32 heteroatoms. The molecule has 9 aliphatic heterocycles. The fourth-order valence-electron chi connectivity index (χ4n) is 19.5. The summed E-state index contributed by atoms with van der Waals surface area (Å²) >= 11 is 1.71. The molecule has 2 aromatic rings. The van der Waals surface area contributed by atoms with Gasteiger partial charge in [-0.1, -0.05) is 102 Å². The van der Waals surface area contributed by atoms with Crippen LogP contribution in [-0.4, -0.2) is 296 Å². The van der Waals surface area contributed by atoms with Crippen LogP contribution in [0.25, 0.3) is 0 Å². The number of nitrogens with one attached hydrogen (secondary N) is 5. The quantitative estimate of drug-likeness (QED) is 0.0625. The number of aliphatic hydroxyl groups is 5. The molecular weight excluding hydrogens is 1570 g/mol. The summed E-state index contributed by atoms with van der Waals surface area (Å²) in [5.41, 5.74) is -3.24. The predicted molar refractivity (Wildman–Crippen MR) is 444 cm³/mol. The van der Waals surface area contributed by atoms with E-state index in [0.29, 0.717) is 30.1 Å². The molecule has 9 aliphatic rings. The second-order valence-electron chi connectivity index (χ2n) is 36.2. The molecule has 7 amide bonds. The van der Waals surface area contributed by atoms with Crippen LogP contribution in [0, 0.1) is 48.3 Å². The highest BCUT2D eigenvalue weighted by Crippen LogP contribution is 2.44. The predicted octanol–water partition coefficient (Wildman–Crippen LogP) is 3.94. The zero-order valence-electron chi connectivity index (χ0n) is 72.9. The second-order valence-corrected chi connectivity index (χ2v) is 37.5. The number of amides is 7. The normalized spacial score (nSPS) is 39.4. The number of hydrogen-bond donors (Lipinski definition) is 10. The van der Waals surface area contributed by atoms with Crippen molar-refractivity contribution in [2.45, 2.75) is 312 Å². The van der Waals surface area contributed by atoms with Crippen molar-refractivity contribution >= 4 is 70.8 Å². The number of methoxy groups -OCH3 is 1. The lowest BCUT2D eigenvalue weighted by Gasteiger charge is -2.49. The monoisotopic (exact) mass is 1700 g/mol. The molecule has 11 rings (SSSR count). The first-order valence-corrected chi connectivity index (χ1v) is 44.6. The average Bonchev–Trinajstić information content (AvgIpc) is 0.788. The van der Waals surface area contributed by atoms with E-state index in [9.17, 15) is 44.7 Å². The lowest BCUT2D eigenvalue weighted by molar-refractivity contribution is -0.318. The Balaban J connectivity index is 0.877. The van der Waals surface area contributed by atoms with Crippen LogP contribution in [0.1, 0.15) is 190 Å². The molecule has 2 bridgehead atoms. The summed E-state index contributed by atoms with van der Waals surface area (Å²) in [6, 6.07) is 6.22. The molecule has 0 aromatic heterocycles. The van der Waals surface area contributed by atoms with Gasteiger partial charge in [-0.25, -0.2) is 4.79 Å². The first-order valence-electron chi connectivity index (χ1n) is 43.5. The Morgan fingerprint density at radius 3 is 2.03 bits per heavy atom. The number of benzene rings is 2. The topological polar surface area (TPSA) is 410 Å². The van der Waals surface area contributed by atoms with Crippen LogP contribution in [0.15, 0.2) is 54.6 Å². The number of hydrogen-bond acceptors (Lipinski definition) is 25. The Kier molecular flexibility index (Phi) is 32.9. The first-order chi connectivity index (χ1) is 56.7. The molecule has 0 spiro atoms. The zero-order valence-corrected chi connectivity index (χ0v) is 73.7. The van der Waals surface area contributed by atoms with Gasteiger partial charge < -0.3 is 105 Å². The minimum Gasteiger partial charge on any atom is -0.459 e. The largest absolute Gasteiger partial charge is 0.459 e. The molecule has 10 unspecified atom stereocenters. The van der Waals surface area contributed by atoms with E-state index in [4.69, 9.17) is 33.2 Å². The smallest absolute Gasteiger partial charge is 0.333 e. The maximum absolute atomic E-state index is 15.9. The van der Waals surface area contributed by atoms with E-state index in [1.165, 1.54) is 42.7 Å². The van der Waals surface area contributed by atoms with Crippen molar-refractivity contribution < 1.29 is 107 Å². The van der Waals surface area contributed by atoms with Crippen molar-refractivity contribution in [3.05, 3.63) is 71.3 Å². The molecule has 31 nitrogen and oxygen atoms in total. The number of carbonyl (C=O) groups excluding carboxylic acids is 10. The number of aliphatic hydroxyl groups excluding tert-OH is 3. The molecule has 0 saturated carbocycles. The Hall–Kier alpha value is -6.79. The van der Waals surface area contributed by atoms with Gasteiger partial charge in [0, 0.05) is 114 Å². The van der Waals surface area contributed by atoms with Gasteiger partial charge in [-0.3, -0.25) is 43.2 Å². The molecule has 2 aromatic carbocycles. The summed E-state index contributed by atoms with van der Waals surface area (Å²) in [6.07, 6.45) is -10.8. The fourth-order valence-corrected chi connectivity index (χ4v) is 21.2. The number of fused-ring (bicyclic) bond motifs is 5. The SMILES string of the molecule is CCC1NC(=O)[C@@H](NC(=O)CCC(=O)NCCN[C@@H]2[C@H](C)[C@@H](O)[C@](C)(O)[C@@H](CC)OC(=O)[C@H](C)[C@@H](OC3CC(C)(OC)C(O)C(C)O3)C(C)[C@@H](OC3OC(C)CC(C)C3O)[C@](C)(O)C[C@H]2C)[C@@H](C)OC(=O)[C@H](c2ccccc2)NC(=O)[C@@H]2CC(=O)[C@H](CS[C@@H]3CN4CCC3CC4)CN2C(=O)[C@H](Cc2ccc(C)cc2)N(C)C(=O)[C@@H]2CCCN2C1=O. The van der Waals surface area contributed by atoms with E-state index in [1.807, 2.05) is 52.0 Å². The number of piperidine rings is 4. The van der Waals surface area contributed by atoms with Gasteiger partial charge in [0.25, 0.3) is 0 Å².